The quantitative estimate of drug-likeness (QED) is 0.283. The van der Waals surface area contributed by atoms with Crippen LogP contribution >= 0.6 is 11.6 Å². The van der Waals surface area contributed by atoms with Crippen molar-refractivity contribution in [2.75, 3.05) is 37.4 Å². The first-order valence-corrected chi connectivity index (χ1v) is 11.6. The summed E-state index contributed by atoms with van der Waals surface area (Å²) in [6, 6.07) is 20.0. The van der Waals surface area contributed by atoms with Crippen LogP contribution in [0.5, 0.6) is 5.75 Å². The molecule has 0 aromatic heterocycles. The highest BCUT2D eigenvalue weighted by Gasteiger charge is 2.33. The van der Waals surface area contributed by atoms with E-state index in [1.54, 1.807) is 29.2 Å². The second-order valence-corrected chi connectivity index (χ2v) is 8.44. The van der Waals surface area contributed by atoms with Crippen molar-refractivity contribution in [2.45, 2.75) is 6.04 Å². The minimum absolute atomic E-state index is 0.236. The van der Waals surface area contributed by atoms with Crippen molar-refractivity contribution in [1.29, 1.82) is 5.26 Å². The van der Waals surface area contributed by atoms with Crippen LogP contribution < -0.4 is 15.4 Å². The molecule has 0 aliphatic carbocycles. The van der Waals surface area contributed by atoms with Crippen LogP contribution in [0.15, 0.2) is 77.8 Å². The lowest BCUT2D eigenvalue weighted by Gasteiger charge is -2.42. The van der Waals surface area contributed by atoms with Crippen LogP contribution in [0.2, 0.25) is 5.02 Å². The minimum atomic E-state index is -0.458. The number of rotatable bonds is 4. The third-order valence-electron chi connectivity index (χ3n) is 5.78. The summed E-state index contributed by atoms with van der Waals surface area (Å²) in [6.45, 7) is 1.09. The van der Waals surface area contributed by atoms with Crippen LogP contribution in [-0.4, -0.2) is 48.5 Å². The molecule has 10 heteroatoms. The van der Waals surface area contributed by atoms with Crippen LogP contribution in [-0.2, 0) is 0 Å². The van der Waals surface area contributed by atoms with E-state index in [9.17, 15) is 14.4 Å². The Bertz CT molecular complexity index is 1280. The number of halogens is 2. The molecule has 2 N–H and O–H groups in total. The van der Waals surface area contributed by atoms with Gasteiger partial charge in [-0.25, -0.2) is 9.18 Å². The van der Waals surface area contributed by atoms with E-state index < -0.39 is 5.82 Å². The van der Waals surface area contributed by atoms with Crippen molar-refractivity contribution in [3.8, 4) is 11.9 Å². The Morgan fingerprint density at radius 2 is 1.86 bits per heavy atom. The molecule has 184 valence electrons. The number of amides is 2. The number of methoxy groups -OCH3 is 1. The topological polar surface area (TPSA) is 93.0 Å². The smallest absolute Gasteiger partial charge is 0.322 e. The maximum atomic E-state index is 13.9. The van der Waals surface area contributed by atoms with Gasteiger partial charge in [-0.3, -0.25) is 0 Å². The van der Waals surface area contributed by atoms with E-state index in [1.807, 2.05) is 41.4 Å². The zero-order valence-electron chi connectivity index (χ0n) is 19.5. The standard InChI is InChI=1S/C26H24ClFN6O2/c1-36-24-12-9-20(28)15-22(24)32-25(30-17-29)33-13-14-34(23(16-33)18-5-3-2-4-6-18)26(35)31-21-10-7-19(27)8-11-21/h2-12,15,23H,13-14,16H2,1H3,(H,30,32)(H,31,35). The van der Waals surface area contributed by atoms with Gasteiger partial charge in [0.1, 0.15) is 11.6 Å². The largest absolute Gasteiger partial charge is 0.495 e. The van der Waals surface area contributed by atoms with E-state index in [1.165, 1.54) is 25.3 Å². The number of carbonyl (C=O) groups excluding carboxylic acids is 1. The molecule has 3 aromatic carbocycles. The molecule has 1 aliphatic rings. The summed E-state index contributed by atoms with van der Waals surface area (Å²) in [5.74, 6) is 0.183. The molecule has 4 rings (SSSR count). The molecular weight excluding hydrogens is 483 g/mol. The van der Waals surface area contributed by atoms with Gasteiger partial charge >= 0.3 is 6.03 Å². The highest BCUT2D eigenvalue weighted by atomic mass is 35.5. The Balaban J connectivity index is 1.59. The second kappa shape index (κ2) is 11.4. The molecule has 1 saturated heterocycles. The van der Waals surface area contributed by atoms with Crippen molar-refractivity contribution in [3.05, 3.63) is 89.2 Å². The van der Waals surface area contributed by atoms with Crippen LogP contribution in [0.1, 0.15) is 11.6 Å². The van der Waals surface area contributed by atoms with Crippen molar-refractivity contribution in [3.63, 3.8) is 0 Å². The summed E-state index contributed by atoms with van der Waals surface area (Å²) >= 11 is 5.96. The molecule has 8 nitrogen and oxygen atoms in total. The molecule has 0 bridgehead atoms. The van der Waals surface area contributed by atoms with Gasteiger partial charge in [-0.05, 0) is 42.0 Å². The molecule has 0 saturated carbocycles. The minimum Gasteiger partial charge on any atom is -0.495 e. The fourth-order valence-corrected chi connectivity index (χ4v) is 4.16. The number of nitriles is 1. The average Bonchev–Trinajstić information content (AvgIpc) is 2.90. The Labute approximate surface area is 213 Å². The van der Waals surface area contributed by atoms with Gasteiger partial charge in [0.2, 0.25) is 12.2 Å². The van der Waals surface area contributed by atoms with Crippen LogP contribution in [0, 0.1) is 17.3 Å². The monoisotopic (exact) mass is 506 g/mol. The lowest BCUT2D eigenvalue weighted by atomic mass is 10.0. The first kappa shape index (κ1) is 24.8. The molecule has 36 heavy (non-hydrogen) atoms. The van der Waals surface area contributed by atoms with Crippen LogP contribution in [0.3, 0.4) is 0 Å². The van der Waals surface area contributed by atoms with E-state index in [-0.39, 0.29) is 18.0 Å². The maximum absolute atomic E-state index is 13.9. The molecule has 1 atom stereocenters. The van der Waals surface area contributed by atoms with E-state index in [0.717, 1.165) is 5.56 Å². The van der Waals surface area contributed by atoms with Crippen molar-refractivity contribution in [1.82, 2.24) is 9.80 Å². The number of carbonyl (C=O) groups is 1. The summed E-state index contributed by atoms with van der Waals surface area (Å²) in [4.78, 5) is 20.8. The number of anilines is 2. The Morgan fingerprint density at radius 1 is 1.11 bits per heavy atom. The average molecular weight is 507 g/mol. The van der Waals surface area contributed by atoms with Gasteiger partial charge in [-0.2, -0.15) is 5.26 Å². The number of benzene rings is 3. The van der Waals surface area contributed by atoms with E-state index in [2.05, 4.69) is 15.6 Å². The van der Waals surface area contributed by atoms with Gasteiger partial charge in [0.25, 0.3) is 0 Å². The van der Waals surface area contributed by atoms with E-state index >= 15 is 0 Å². The van der Waals surface area contributed by atoms with Crippen LogP contribution in [0.4, 0.5) is 20.6 Å². The lowest BCUT2D eigenvalue weighted by Crippen LogP contribution is -2.54. The van der Waals surface area contributed by atoms with E-state index in [0.29, 0.717) is 41.8 Å². The number of hydrogen-bond donors (Lipinski definition) is 2. The highest BCUT2D eigenvalue weighted by Crippen LogP contribution is 2.29. The van der Waals surface area contributed by atoms with Gasteiger partial charge in [0.15, 0.2) is 0 Å². The normalized spacial score (nSPS) is 15.7. The van der Waals surface area contributed by atoms with Gasteiger partial charge < -0.3 is 25.2 Å². The second-order valence-electron chi connectivity index (χ2n) is 8.01. The predicted molar refractivity (Wildman–Crippen MR) is 138 cm³/mol. The fourth-order valence-electron chi connectivity index (χ4n) is 4.03. The SMILES string of the molecule is COc1ccc(F)cc1N/C(=N/C#N)N1CCN(C(=O)Nc2ccc(Cl)cc2)C(c2ccccc2)C1. The number of urea groups is 1. The number of hydrogen-bond acceptors (Lipinski definition) is 4. The molecule has 1 unspecified atom stereocenters. The predicted octanol–water partition coefficient (Wildman–Crippen LogP) is 5.33. The molecule has 3 aromatic rings. The number of aliphatic imine (C=N–C) groups is 1. The molecule has 1 fully saturated rings. The number of nitrogens with one attached hydrogen (secondary N) is 2. The zero-order chi connectivity index (χ0) is 25.5. The fraction of sp³-hybridized carbons (Fsp3) is 0.192. The summed E-state index contributed by atoms with van der Waals surface area (Å²) in [5.41, 5.74) is 1.89. The van der Waals surface area contributed by atoms with Crippen LogP contribution in [0.25, 0.3) is 0 Å². The molecule has 0 radical (unpaired) electrons. The Hall–Kier alpha value is -4.29. The Morgan fingerprint density at radius 3 is 2.56 bits per heavy atom. The lowest BCUT2D eigenvalue weighted by molar-refractivity contribution is 0.136. The Kier molecular flexibility index (Phi) is 7.88. The molecule has 0 spiro atoms. The highest BCUT2D eigenvalue weighted by molar-refractivity contribution is 6.30. The summed E-state index contributed by atoms with van der Waals surface area (Å²) in [7, 11) is 1.48. The maximum Gasteiger partial charge on any atom is 0.322 e. The zero-order valence-corrected chi connectivity index (χ0v) is 20.2. The van der Waals surface area contributed by atoms with E-state index in [4.69, 9.17) is 16.3 Å². The van der Waals surface area contributed by atoms with Crippen molar-refractivity contribution in [2.24, 2.45) is 4.99 Å². The molecule has 1 aliphatic heterocycles. The van der Waals surface area contributed by atoms with Crippen molar-refractivity contribution >= 4 is 35.0 Å². The molecule has 1 heterocycles. The first-order valence-electron chi connectivity index (χ1n) is 11.2. The van der Waals surface area contributed by atoms with Gasteiger partial charge in [0.05, 0.1) is 18.8 Å². The number of guanidine groups is 1. The molecule has 2 amide bonds. The van der Waals surface area contributed by atoms with Gasteiger partial charge in [-0.15, -0.1) is 4.99 Å². The summed E-state index contributed by atoms with van der Waals surface area (Å²) in [5, 5.41) is 15.9. The van der Waals surface area contributed by atoms with Gasteiger partial charge in [0, 0.05) is 36.4 Å². The number of nitrogens with zero attached hydrogens (tertiary/aromatic N) is 4. The molecular formula is C26H24ClFN6O2. The third-order valence-corrected chi connectivity index (χ3v) is 6.04. The summed E-state index contributed by atoms with van der Waals surface area (Å²) in [6.07, 6.45) is 1.81. The van der Waals surface area contributed by atoms with Crippen molar-refractivity contribution < 1.29 is 13.9 Å². The van der Waals surface area contributed by atoms with Gasteiger partial charge in [-0.1, -0.05) is 41.9 Å². The number of ether oxygens (including phenoxy) is 1. The third kappa shape index (κ3) is 5.85. The first-order chi connectivity index (χ1) is 17.5. The summed E-state index contributed by atoms with van der Waals surface area (Å²) < 4.78 is 19.2. The number of piperazine rings is 1.